The average Bonchev–Trinajstić information content (AvgIpc) is 3.32. The molecule has 0 unspecified atom stereocenters. The SMILES string of the molecule is CCN(CC)c1ccc(C2(c3ccc(N(CC)CC)cc3)Oc3ccccc3-c3c2cnn3C)cc1. The zero-order chi connectivity index (χ0) is 25.3. The molecule has 0 aliphatic carbocycles. The van der Waals surface area contributed by atoms with Crippen LogP contribution in [0, 0.1) is 0 Å². The van der Waals surface area contributed by atoms with E-state index in [0.717, 1.165) is 59.9 Å². The summed E-state index contributed by atoms with van der Waals surface area (Å²) in [4.78, 5) is 4.73. The van der Waals surface area contributed by atoms with Crippen LogP contribution < -0.4 is 14.5 Å². The van der Waals surface area contributed by atoms with Gasteiger partial charge in [-0.25, -0.2) is 0 Å². The summed E-state index contributed by atoms with van der Waals surface area (Å²) < 4.78 is 9.03. The molecular weight excluding hydrogens is 444 g/mol. The van der Waals surface area contributed by atoms with Crippen LogP contribution >= 0.6 is 0 Å². The van der Waals surface area contributed by atoms with E-state index in [0.29, 0.717) is 0 Å². The lowest BCUT2D eigenvalue weighted by molar-refractivity contribution is 0.152. The number of rotatable bonds is 8. The van der Waals surface area contributed by atoms with Gasteiger partial charge in [-0.2, -0.15) is 5.10 Å². The maximum atomic E-state index is 7.06. The first kappa shape index (κ1) is 24.0. The van der Waals surface area contributed by atoms with Crippen molar-refractivity contribution in [3.8, 4) is 17.0 Å². The number of para-hydroxylation sites is 1. The number of hydrogen-bond acceptors (Lipinski definition) is 4. The molecule has 0 fully saturated rings. The Morgan fingerprint density at radius 1 is 0.722 bits per heavy atom. The quantitative estimate of drug-likeness (QED) is 0.290. The van der Waals surface area contributed by atoms with E-state index < -0.39 is 5.60 Å². The van der Waals surface area contributed by atoms with Gasteiger partial charge in [0.05, 0.1) is 17.5 Å². The predicted molar refractivity (Wildman–Crippen MR) is 149 cm³/mol. The third kappa shape index (κ3) is 3.74. The molecule has 5 nitrogen and oxygen atoms in total. The van der Waals surface area contributed by atoms with Gasteiger partial charge in [-0.3, -0.25) is 4.68 Å². The fourth-order valence-electron chi connectivity index (χ4n) is 5.57. The summed E-state index contributed by atoms with van der Waals surface area (Å²) in [6, 6.07) is 26.0. The highest BCUT2D eigenvalue weighted by molar-refractivity contribution is 5.77. The maximum absolute atomic E-state index is 7.06. The van der Waals surface area contributed by atoms with Gasteiger partial charge in [-0.1, -0.05) is 36.4 Å². The van der Waals surface area contributed by atoms with Gasteiger partial charge in [0.25, 0.3) is 0 Å². The van der Waals surface area contributed by atoms with E-state index in [-0.39, 0.29) is 0 Å². The number of aromatic nitrogens is 2. The van der Waals surface area contributed by atoms with Crippen LogP contribution in [0.3, 0.4) is 0 Å². The summed E-state index contributed by atoms with van der Waals surface area (Å²) in [7, 11) is 2.01. The molecule has 0 saturated carbocycles. The molecule has 1 aliphatic rings. The fourth-order valence-corrected chi connectivity index (χ4v) is 5.57. The average molecular weight is 481 g/mol. The highest BCUT2D eigenvalue weighted by Gasteiger charge is 2.46. The number of hydrogen-bond donors (Lipinski definition) is 0. The highest BCUT2D eigenvalue weighted by atomic mass is 16.5. The molecule has 3 aromatic carbocycles. The lowest BCUT2D eigenvalue weighted by atomic mass is 9.77. The first-order valence-corrected chi connectivity index (χ1v) is 13.1. The Labute approximate surface area is 214 Å². The van der Waals surface area contributed by atoms with Crippen LogP contribution in [0.15, 0.2) is 79.0 Å². The Bertz CT molecular complexity index is 1260. The van der Waals surface area contributed by atoms with Crippen molar-refractivity contribution in [2.24, 2.45) is 7.05 Å². The zero-order valence-corrected chi connectivity index (χ0v) is 22.0. The molecule has 0 atom stereocenters. The van der Waals surface area contributed by atoms with Gasteiger partial charge in [0, 0.05) is 61.3 Å². The maximum Gasteiger partial charge on any atom is 0.188 e. The molecule has 0 amide bonds. The molecule has 0 bridgehead atoms. The fraction of sp³-hybridized carbons (Fsp3) is 0.323. The molecule has 2 heterocycles. The Kier molecular flexibility index (Phi) is 6.48. The number of aryl methyl sites for hydroxylation is 1. The van der Waals surface area contributed by atoms with Crippen molar-refractivity contribution in [3.63, 3.8) is 0 Å². The molecule has 4 aromatic rings. The van der Waals surface area contributed by atoms with E-state index >= 15 is 0 Å². The number of anilines is 2. The standard InChI is InChI=1S/C31H36N4O/c1-6-34(7-2)25-18-14-23(15-19-25)31(24-16-20-26(21-17-24)35(8-3)9-4)28-22-32-33(5)30(28)27-12-10-11-13-29(27)36-31/h10-22H,6-9H2,1-5H3. The van der Waals surface area contributed by atoms with Crippen molar-refractivity contribution >= 4 is 11.4 Å². The van der Waals surface area contributed by atoms with Gasteiger partial charge >= 0.3 is 0 Å². The lowest BCUT2D eigenvalue weighted by Crippen LogP contribution is -2.38. The van der Waals surface area contributed by atoms with Gasteiger partial charge in [0.2, 0.25) is 0 Å². The van der Waals surface area contributed by atoms with Crippen LogP contribution in [0.1, 0.15) is 44.4 Å². The molecule has 186 valence electrons. The molecule has 1 aromatic heterocycles. The highest BCUT2D eigenvalue weighted by Crippen LogP contribution is 2.51. The number of benzene rings is 3. The molecule has 0 radical (unpaired) electrons. The predicted octanol–water partition coefficient (Wildman–Crippen LogP) is 6.46. The third-order valence-corrected chi connectivity index (χ3v) is 7.53. The van der Waals surface area contributed by atoms with Gasteiger partial charge in [0.15, 0.2) is 5.60 Å². The molecule has 1 aliphatic heterocycles. The largest absolute Gasteiger partial charge is 0.472 e. The zero-order valence-electron chi connectivity index (χ0n) is 22.0. The molecule has 0 N–H and O–H groups in total. The van der Waals surface area contributed by atoms with Crippen molar-refractivity contribution in [1.82, 2.24) is 9.78 Å². The minimum Gasteiger partial charge on any atom is -0.472 e. The Morgan fingerprint density at radius 2 is 1.22 bits per heavy atom. The second-order valence-corrected chi connectivity index (χ2v) is 9.25. The van der Waals surface area contributed by atoms with Crippen molar-refractivity contribution in [2.45, 2.75) is 33.3 Å². The van der Waals surface area contributed by atoms with Crippen LogP contribution in [0.25, 0.3) is 11.3 Å². The summed E-state index contributed by atoms with van der Waals surface area (Å²) in [5.74, 6) is 0.870. The summed E-state index contributed by atoms with van der Waals surface area (Å²) in [6.07, 6.45) is 1.97. The molecule has 5 heteroatoms. The van der Waals surface area contributed by atoms with E-state index in [1.165, 1.54) is 11.4 Å². The van der Waals surface area contributed by atoms with Crippen LogP contribution in [-0.4, -0.2) is 36.0 Å². The number of ether oxygens (including phenoxy) is 1. The first-order valence-electron chi connectivity index (χ1n) is 13.1. The Balaban J connectivity index is 1.73. The number of nitrogens with zero attached hydrogens (tertiary/aromatic N) is 4. The number of fused-ring (bicyclic) bond motifs is 3. The van der Waals surface area contributed by atoms with Crippen LogP contribution in [0.5, 0.6) is 5.75 Å². The normalized spacial score (nSPS) is 13.5. The van der Waals surface area contributed by atoms with Crippen molar-refractivity contribution in [1.29, 1.82) is 0 Å². The summed E-state index contributed by atoms with van der Waals surface area (Å²) >= 11 is 0. The van der Waals surface area contributed by atoms with Crippen molar-refractivity contribution in [2.75, 3.05) is 36.0 Å². The Hall–Kier alpha value is -3.73. The van der Waals surface area contributed by atoms with E-state index in [1.807, 2.05) is 24.0 Å². The van der Waals surface area contributed by atoms with E-state index in [4.69, 9.17) is 9.84 Å². The van der Waals surface area contributed by atoms with Gasteiger partial charge in [-0.15, -0.1) is 0 Å². The third-order valence-electron chi connectivity index (χ3n) is 7.53. The van der Waals surface area contributed by atoms with Crippen LogP contribution in [-0.2, 0) is 12.6 Å². The van der Waals surface area contributed by atoms with E-state index in [9.17, 15) is 0 Å². The smallest absolute Gasteiger partial charge is 0.188 e. The van der Waals surface area contributed by atoms with Gasteiger partial charge in [0.1, 0.15) is 5.75 Å². The molecule has 0 spiro atoms. The topological polar surface area (TPSA) is 33.5 Å². The summed E-state index contributed by atoms with van der Waals surface area (Å²) in [6.45, 7) is 12.7. The minimum absolute atomic E-state index is 0.804. The van der Waals surface area contributed by atoms with Gasteiger partial charge < -0.3 is 14.5 Å². The van der Waals surface area contributed by atoms with Crippen LogP contribution in [0.2, 0.25) is 0 Å². The summed E-state index contributed by atoms with van der Waals surface area (Å²) in [5, 5.41) is 4.71. The summed E-state index contributed by atoms with van der Waals surface area (Å²) in [5.41, 5.74) is 7.06. The Morgan fingerprint density at radius 3 is 1.72 bits per heavy atom. The minimum atomic E-state index is -0.804. The lowest BCUT2D eigenvalue weighted by Gasteiger charge is -2.40. The van der Waals surface area contributed by atoms with E-state index in [1.54, 1.807) is 0 Å². The van der Waals surface area contributed by atoms with E-state index in [2.05, 4.69) is 104 Å². The monoisotopic (exact) mass is 480 g/mol. The first-order chi connectivity index (χ1) is 17.6. The van der Waals surface area contributed by atoms with Crippen molar-refractivity contribution < 1.29 is 4.74 Å². The second-order valence-electron chi connectivity index (χ2n) is 9.25. The molecular formula is C31H36N4O. The second kappa shape index (κ2) is 9.73. The van der Waals surface area contributed by atoms with Crippen LogP contribution in [0.4, 0.5) is 11.4 Å². The van der Waals surface area contributed by atoms with Crippen molar-refractivity contribution in [3.05, 3.63) is 95.7 Å². The molecule has 36 heavy (non-hydrogen) atoms. The molecule has 0 saturated heterocycles. The molecule has 5 rings (SSSR count). The van der Waals surface area contributed by atoms with Gasteiger partial charge in [-0.05, 0) is 64.1 Å².